The van der Waals surface area contributed by atoms with Gasteiger partial charge in [0.1, 0.15) is 17.9 Å². The van der Waals surface area contributed by atoms with Gasteiger partial charge in [0.15, 0.2) is 0 Å². The smallest absolute Gasteiger partial charge is 0.339 e. The van der Waals surface area contributed by atoms with Crippen LogP contribution in [0.15, 0.2) is 36.4 Å². The minimum absolute atomic E-state index is 0.219. The van der Waals surface area contributed by atoms with E-state index in [-0.39, 0.29) is 5.56 Å². The van der Waals surface area contributed by atoms with E-state index in [9.17, 15) is 9.90 Å². The van der Waals surface area contributed by atoms with Gasteiger partial charge in [-0.2, -0.15) is 0 Å². The Morgan fingerprint density at radius 2 is 1.91 bits per heavy atom. The molecule has 2 fully saturated rings. The number of aromatic carboxylic acids is 1. The molecule has 2 aromatic rings. The summed E-state index contributed by atoms with van der Waals surface area (Å²) in [6.45, 7) is 5.17. The summed E-state index contributed by atoms with van der Waals surface area (Å²) >= 11 is 0. The molecule has 2 aliphatic rings. The van der Waals surface area contributed by atoms with Gasteiger partial charge in [-0.15, -0.1) is 0 Å². The van der Waals surface area contributed by atoms with E-state index in [1.807, 2.05) is 30.3 Å². The minimum atomic E-state index is -0.958. The van der Waals surface area contributed by atoms with Crippen LogP contribution in [0.25, 0.3) is 10.8 Å². The third kappa shape index (κ3) is 2.66. The van der Waals surface area contributed by atoms with E-state index in [1.165, 1.54) is 0 Å². The highest BCUT2D eigenvalue weighted by atomic mass is 16.5. The first-order chi connectivity index (χ1) is 11.2. The van der Waals surface area contributed by atoms with Gasteiger partial charge in [0, 0.05) is 25.0 Å². The van der Waals surface area contributed by atoms with Crippen molar-refractivity contribution in [2.75, 3.05) is 39.5 Å². The molecule has 0 aliphatic carbocycles. The summed E-state index contributed by atoms with van der Waals surface area (Å²) < 4.78 is 11.0. The topological polar surface area (TPSA) is 59.0 Å². The molecule has 0 aromatic heterocycles. The van der Waals surface area contributed by atoms with E-state index < -0.39 is 5.97 Å². The second-order valence-corrected chi connectivity index (χ2v) is 6.55. The fourth-order valence-electron chi connectivity index (χ4n) is 3.42. The molecule has 5 nitrogen and oxygen atoms in total. The summed E-state index contributed by atoms with van der Waals surface area (Å²) in [5, 5.41) is 11.3. The van der Waals surface area contributed by atoms with Crippen molar-refractivity contribution in [1.82, 2.24) is 4.90 Å². The highest BCUT2D eigenvalue weighted by Gasteiger charge is 2.48. The number of rotatable bonds is 5. The van der Waals surface area contributed by atoms with E-state index >= 15 is 0 Å². The monoisotopic (exact) mass is 313 g/mol. The predicted molar refractivity (Wildman–Crippen MR) is 86.1 cm³/mol. The number of fused-ring (bicyclic) bond motifs is 1. The molecule has 2 heterocycles. The van der Waals surface area contributed by atoms with Crippen molar-refractivity contribution in [3.8, 4) is 5.75 Å². The Hall–Kier alpha value is -2.11. The third-order valence-corrected chi connectivity index (χ3v) is 4.68. The van der Waals surface area contributed by atoms with Gasteiger partial charge < -0.3 is 14.6 Å². The number of hydrogen-bond donors (Lipinski definition) is 1. The van der Waals surface area contributed by atoms with Crippen LogP contribution in [-0.4, -0.2) is 55.4 Å². The number of ether oxygens (including phenoxy) is 2. The van der Waals surface area contributed by atoms with Gasteiger partial charge in [-0.05, 0) is 22.9 Å². The van der Waals surface area contributed by atoms with Gasteiger partial charge in [-0.25, -0.2) is 4.79 Å². The summed E-state index contributed by atoms with van der Waals surface area (Å²) in [6, 6.07) is 11.2. The molecule has 0 saturated carbocycles. The average Bonchev–Trinajstić information content (AvgIpc) is 2.46. The average molecular weight is 313 g/mol. The Balaban J connectivity index is 1.43. The van der Waals surface area contributed by atoms with Gasteiger partial charge in [0.2, 0.25) is 0 Å². The Morgan fingerprint density at radius 1 is 1.22 bits per heavy atom. The minimum Gasteiger partial charge on any atom is -0.491 e. The lowest BCUT2D eigenvalue weighted by Crippen LogP contribution is -2.66. The quantitative estimate of drug-likeness (QED) is 0.917. The first-order valence-electron chi connectivity index (χ1n) is 7.84. The Kier molecular flexibility index (Phi) is 3.47. The fourth-order valence-corrected chi connectivity index (χ4v) is 3.42. The Bertz CT molecular complexity index is 746. The first kappa shape index (κ1) is 14.5. The molecule has 0 radical (unpaired) electrons. The third-order valence-electron chi connectivity index (χ3n) is 4.68. The number of carboxylic acids is 1. The first-order valence-corrected chi connectivity index (χ1v) is 7.84. The molecular weight excluding hydrogens is 294 g/mol. The lowest BCUT2D eigenvalue weighted by Gasteiger charge is -2.55. The zero-order valence-electron chi connectivity index (χ0n) is 12.8. The van der Waals surface area contributed by atoms with Crippen LogP contribution in [0.4, 0.5) is 0 Å². The summed E-state index contributed by atoms with van der Waals surface area (Å²) in [7, 11) is 0. The van der Waals surface area contributed by atoms with Crippen LogP contribution in [0.2, 0.25) is 0 Å². The van der Waals surface area contributed by atoms with Crippen molar-refractivity contribution in [3.63, 3.8) is 0 Å². The van der Waals surface area contributed by atoms with Crippen molar-refractivity contribution in [2.24, 2.45) is 5.41 Å². The number of carbonyl (C=O) groups is 1. The maximum Gasteiger partial charge on any atom is 0.339 e. The number of nitrogens with zero attached hydrogens (tertiary/aromatic N) is 1. The molecule has 1 spiro atoms. The number of carboxylic acid groups (broad SMARTS) is 1. The van der Waals surface area contributed by atoms with Crippen LogP contribution in [0.5, 0.6) is 5.75 Å². The molecule has 2 aliphatic heterocycles. The van der Waals surface area contributed by atoms with Crippen LogP contribution in [0, 0.1) is 5.41 Å². The zero-order valence-corrected chi connectivity index (χ0v) is 12.8. The van der Waals surface area contributed by atoms with Gasteiger partial charge in [-0.3, -0.25) is 4.90 Å². The number of hydrogen-bond acceptors (Lipinski definition) is 4. The summed E-state index contributed by atoms with van der Waals surface area (Å²) in [4.78, 5) is 13.8. The zero-order chi connectivity index (χ0) is 15.9. The summed E-state index contributed by atoms with van der Waals surface area (Å²) in [5.74, 6) is -0.515. The molecule has 0 bridgehead atoms. The van der Waals surface area contributed by atoms with E-state index in [2.05, 4.69) is 4.90 Å². The molecule has 1 N–H and O–H groups in total. The van der Waals surface area contributed by atoms with Crippen molar-refractivity contribution < 1.29 is 19.4 Å². The SMILES string of the molecule is O=C(O)c1cc2ccccc2cc1OCCN1CC2(COC2)C1. The molecule has 0 unspecified atom stereocenters. The second kappa shape index (κ2) is 5.51. The molecule has 2 aromatic carbocycles. The maximum absolute atomic E-state index is 11.5. The van der Waals surface area contributed by atoms with E-state index in [0.29, 0.717) is 17.8 Å². The van der Waals surface area contributed by atoms with Gasteiger partial charge in [0.05, 0.1) is 13.2 Å². The molecule has 0 atom stereocenters. The molecular formula is C18H19NO4. The van der Waals surface area contributed by atoms with Crippen molar-refractivity contribution in [1.29, 1.82) is 0 Å². The van der Waals surface area contributed by atoms with Crippen LogP contribution in [0.1, 0.15) is 10.4 Å². The normalized spacial score (nSPS) is 19.3. The van der Waals surface area contributed by atoms with Crippen LogP contribution >= 0.6 is 0 Å². The van der Waals surface area contributed by atoms with Crippen LogP contribution in [-0.2, 0) is 4.74 Å². The fraction of sp³-hybridized carbons (Fsp3) is 0.389. The highest BCUT2D eigenvalue weighted by molar-refractivity contribution is 5.97. The second-order valence-electron chi connectivity index (χ2n) is 6.55. The van der Waals surface area contributed by atoms with Crippen molar-refractivity contribution in [2.45, 2.75) is 0 Å². The number of likely N-dealkylation sites (tertiary alicyclic amines) is 1. The van der Waals surface area contributed by atoms with E-state index in [1.54, 1.807) is 6.07 Å². The Labute approximate surface area is 134 Å². The van der Waals surface area contributed by atoms with Crippen molar-refractivity contribution in [3.05, 3.63) is 42.0 Å². The largest absolute Gasteiger partial charge is 0.491 e. The molecule has 2 saturated heterocycles. The van der Waals surface area contributed by atoms with Crippen LogP contribution < -0.4 is 4.74 Å². The maximum atomic E-state index is 11.5. The van der Waals surface area contributed by atoms with Crippen molar-refractivity contribution >= 4 is 16.7 Å². The summed E-state index contributed by atoms with van der Waals surface area (Å²) in [6.07, 6.45) is 0. The molecule has 4 rings (SSSR count). The lowest BCUT2D eigenvalue weighted by atomic mass is 9.78. The van der Waals surface area contributed by atoms with Gasteiger partial charge in [0.25, 0.3) is 0 Å². The van der Waals surface area contributed by atoms with Gasteiger partial charge >= 0.3 is 5.97 Å². The molecule has 5 heteroatoms. The molecule has 120 valence electrons. The van der Waals surface area contributed by atoms with E-state index in [4.69, 9.17) is 9.47 Å². The standard InChI is InChI=1S/C18H19NO4/c20-17(21)15-7-13-3-1-2-4-14(13)8-16(15)23-6-5-19-9-18(10-19)11-22-12-18/h1-4,7-8H,5-6,9-12H2,(H,20,21). The number of benzene rings is 2. The summed E-state index contributed by atoms with van der Waals surface area (Å²) in [5.41, 5.74) is 0.617. The Morgan fingerprint density at radius 3 is 2.52 bits per heavy atom. The van der Waals surface area contributed by atoms with Crippen LogP contribution in [0.3, 0.4) is 0 Å². The molecule has 0 amide bonds. The van der Waals surface area contributed by atoms with E-state index in [0.717, 1.165) is 43.6 Å². The predicted octanol–water partition coefficient (Wildman–Crippen LogP) is 2.25. The molecule has 23 heavy (non-hydrogen) atoms. The lowest BCUT2D eigenvalue weighted by molar-refractivity contribution is -0.189. The van der Waals surface area contributed by atoms with Gasteiger partial charge in [-0.1, -0.05) is 24.3 Å². The highest BCUT2D eigenvalue weighted by Crippen LogP contribution is 2.37.